The minimum Gasteiger partial charge on any atom is -0.447 e. The van der Waals surface area contributed by atoms with Crippen molar-refractivity contribution in [3.63, 3.8) is 0 Å². The monoisotopic (exact) mass is 174 g/mol. The van der Waals surface area contributed by atoms with Crippen LogP contribution >= 0.6 is 0 Å². The number of hydrogen-bond donors (Lipinski definition) is 0. The van der Waals surface area contributed by atoms with Crippen LogP contribution in [0.3, 0.4) is 0 Å². The molecule has 1 aliphatic rings. The predicted molar refractivity (Wildman–Crippen MR) is 37.3 cm³/mol. The van der Waals surface area contributed by atoms with Gasteiger partial charge in [0.1, 0.15) is 0 Å². The quantitative estimate of drug-likeness (QED) is 0.591. The van der Waals surface area contributed by atoms with Crippen molar-refractivity contribution in [2.45, 2.75) is 26.6 Å². The summed E-state index contributed by atoms with van der Waals surface area (Å²) < 4.78 is 14.2. The highest BCUT2D eigenvalue weighted by molar-refractivity contribution is 5.67. The van der Waals surface area contributed by atoms with E-state index in [4.69, 9.17) is 9.47 Å². The van der Waals surface area contributed by atoms with Crippen molar-refractivity contribution in [2.75, 3.05) is 6.61 Å². The highest BCUT2D eigenvalue weighted by atomic mass is 16.9. The molecule has 0 aliphatic carbocycles. The van der Waals surface area contributed by atoms with Crippen LogP contribution in [0.2, 0.25) is 0 Å². The lowest BCUT2D eigenvalue weighted by Crippen LogP contribution is -2.36. The zero-order chi connectivity index (χ0) is 8.97. The van der Waals surface area contributed by atoms with E-state index in [2.05, 4.69) is 15.0 Å². The van der Waals surface area contributed by atoms with Crippen molar-refractivity contribution in [1.82, 2.24) is 0 Å². The summed E-state index contributed by atoms with van der Waals surface area (Å²) in [5.74, 6) is 0. The SMILES string of the molecule is CCOC(=O)N=NC1OC(C)O1. The molecule has 0 aromatic rings. The van der Waals surface area contributed by atoms with Crippen molar-refractivity contribution in [1.29, 1.82) is 0 Å². The lowest BCUT2D eigenvalue weighted by atomic mass is 10.7. The van der Waals surface area contributed by atoms with E-state index in [0.717, 1.165) is 0 Å². The van der Waals surface area contributed by atoms with Gasteiger partial charge in [0.15, 0.2) is 6.29 Å². The second-order valence-electron chi connectivity index (χ2n) is 2.06. The minimum absolute atomic E-state index is 0.267. The Bertz CT molecular complexity index is 188. The highest BCUT2D eigenvalue weighted by Gasteiger charge is 2.26. The molecule has 12 heavy (non-hydrogen) atoms. The molecule has 0 bridgehead atoms. The average molecular weight is 174 g/mol. The fourth-order valence-corrected chi connectivity index (χ4v) is 0.639. The van der Waals surface area contributed by atoms with Crippen LogP contribution in [-0.4, -0.2) is 25.4 Å². The number of carbonyl (C=O) groups excluding carboxylic acids is 1. The van der Waals surface area contributed by atoms with E-state index in [1.807, 2.05) is 0 Å². The van der Waals surface area contributed by atoms with Gasteiger partial charge in [-0.1, -0.05) is 5.11 Å². The van der Waals surface area contributed by atoms with E-state index in [-0.39, 0.29) is 12.9 Å². The molecule has 1 amide bonds. The number of rotatable bonds is 2. The number of amides is 1. The Labute approximate surface area is 69.5 Å². The van der Waals surface area contributed by atoms with E-state index in [9.17, 15) is 4.79 Å². The summed E-state index contributed by atoms with van der Waals surface area (Å²) in [5.41, 5.74) is 0. The van der Waals surface area contributed by atoms with Gasteiger partial charge in [-0.2, -0.15) is 0 Å². The number of carbonyl (C=O) groups is 1. The van der Waals surface area contributed by atoms with Crippen LogP contribution in [0.1, 0.15) is 13.8 Å². The molecule has 0 spiro atoms. The molecule has 1 aliphatic heterocycles. The molecule has 1 fully saturated rings. The average Bonchev–Trinajstić information content (AvgIpc) is 1.96. The zero-order valence-corrected chi connectivity index (χ0v) is 6.89. The molecule has 0 saturated carbocycles. The molecule has 1 rings (SSSR count). The summed E-state index contributed by atoms with van der Waals surface area (Å²) in [6.45, 7) is 3.68. The van der Waals surface area contributed by atoms with Gasteiger partial charge in [0.2, 0.25) is 0 Å². The number of azo groups is 1. The maximum atomic E-state index is 10.6. The van der Waals surface area contributed by atoms with Gasteiger partial charge in [-0.15, -0.1) is 5.11 Å². The van der Waals surface area contributed by atoms with Crippen LogP contribution in [0.25, 0.3) is 0 Å². The van der Waals surface area contributed by atoms with Crippen molar-refractivity contribution < 1.29 is 19.0 Å². The van der Waals surface area contributed by atoms with E-state index in [1.54, 1.807) is 13.8 Å². The van der Waals surface area contributed by atoms with Gasteiger partial charge in [0, 0.05) is 0 Å². The Morgan fingerprint density at radius 2 is 2.25 bits per heavy atom. The lowest BCUT2D eigenvalue weighted by molar-refractivity contribution is -0.373. The summed E-state index contributed by atoms with van der Waals surface area (Å²) in [7, 11) is 0. The summed E-state index contributed by atoms with van der Waals surface area (Å²) in [6, 6.07) is 0. The number of ether oxygens (including phenoxy) is 3. The molecule has 68 valence electrons. The van der Waals surface area contributed by atoms with Gasteiger partial charge in [-0.3, -0.25) is 0 Å². The first-order chi connectivity index (χ1) is 5.72. The van der Waals surface area contributed by atoms with Crippen LogP contribution in [0, 0.1) is 0 Å². The Morgan fingerprint density at radius 3 is 2.75 bits per heavy atom. The van der Waals surface area contributed by atoms with Crippen LogP contribution in [-0.2, 0) is 14.2 Å². The molecule has 0 aromatic carbocycles. The first-order valence-corrected chi connectivity index (χ1v) is 3.61. The summed E-state index contributed by atoms with van der Waals surface area (Å²) in [4.78, 5) is 10.6. The van der Waals surface area contributed by atoms with Crippen molar-refractivity contribution in [3.05, 3.63) is 0 Å². The summed E-state index contributed by atoms with van der Waals surface area (Å²) in [6.07, 6.45) is -1.75. The fourth-order valence-electron chi connectivity index (χ4n) is 0.639. The van der Waals surface area contributed by atoms with E-state index < -0.39 is 12.5 Å². The third-order valence-corrected chi connectivity index (χ3v) is 1.12. The molecule has 0 N–H and O–H groups in total. The second-order valence-corrected chi connectivity index (χ2v) is 2.06. The second kappa shape index (κ2) is 4.13. The molecule has 0 unspecified atom stereocenters. The molecular formula is C6H10N2O4. The van der Waals surface area contributed by atoms with Gasteiger partial charge < -0.3 is 14.2 Å². The lowest BCUT2D eigenvalue weighted by Gasteiger charge is -2.28. The van der Waals surface area contributed by atoms with Crippen LogP contribution < -0.4 is 0 Å². The van der Waals surface area contributed by atoms with E-state index in [0.29, 0.717) is 0 Å². The zero-order valence-electron chi connectivity index (χ0n) is 6.89. The number of hydrogen-bond acceptors (Lipinski definition) is 5. The Hall–Kier alpha value is -1.01. The van der Waals surface area contributed by atoms with Crippen LogP contribution in [0.4, 0.5) is 4.79 Å². The predicted octanol–water partition coefficient (Wildman–Crippen LogP) is 1.27. The minimum atomic E-state index is -0.746. The van der Waals surface area contributed by atoms with Gasteiger partial charge in [0.25, 0.3) is 6.41 Å². The fraction of sp³-hybridized carbons (Fsp3) is 0.833. The molecule has 6 heteroatoms. The molecular weight excluding hydrogens is 164 g/mol. The molecule has 1 saturated heterocycles. The molecule has 0 atom stereocenters. The third-order valence-electron chi connectivity index (χ3n) is 1.12. The Morgan fingerprint density at radius 1 is 1.58 bits per heavy atom. The largest absolute Gasteiger partial charge is 0.452 e. The molecule has 1 heterocycles. The smallest absolute Gasteiger partial charge is 0.447 e. The summed E-state index contributed by atoms with van der Waals surface area (Å²) in [5, 5.41) is 6.59. The topological polar surface area (TPSA) is 69.5 Å². The number of nitrogens with zero attached hydrogens (tertiary/aromatic N) is 2. The first-order valence-electron chi connectivity index (χ1n) is 3.61. The standard InChI is InChI=1S/C6H10N2O4/c1-3-10-5(9)7-8-6-11-4(2)12-6/h4,6H,3H2,1-2H3. The maximum Gasteiger partial charge on any atom is 0.452 e. The first kappa shape index (κ1) is 9.08. The van der Waals surface area contributed by atoms with E-state index >= 15 is 0 Å². The van der Waals surface area contributed by atoms with Gasteiger partial charge in [-0.05, 0) is 13.8 Å². The molecule has 0 radical (unpaired) electrons. The third kappa shape index (κ3) is 2.55. The highest BCUT2D eigenvalue weighted by Crippen LogP contribution is 2.16. The van der Waals surface area contributed by atoms with Gasteiger partial charge in [0.05, 0.1) is 6.61 Å². The Kier molecular flexibility index (Phi) is 3.12. The Balaban J connectivity index is 2.17. The molecule has 0 aromatic heterocycles. The van der Waals surface area contributed by atoms with Gasteiger partial charge in [-0.25, -0.2) is 4.79 Å². The summed E-state index contributed by atoms with van der Waals surface area (Å²) >= 11 is 0. The van der Waals surface area contributed by atoms with Crippen LogP contribution in [0.5, 0.6) is 0 Å². The normalized spacial score (nSPS) is 28.5. The maximum absolute atomic E-state index is 10.6. The van der Waals surface area contributed by atoms with E-state index in [1.165, 1.54) is 0 Å². The van der Waals surface area contributed by atoms with Crippen molar-refractivity contribution in [3.8, 4) is 0 Å². The van der Waals surface area contributed by atoms with Gasteiger partial charge >= 0.3 is 6.09 Å². The van der Waals surface area contributed by atoms with Crippen molar-refractivity contribution >= 4 is 6.09 Å². The molecule has 6 nitrogen and oxygen atoms in total. The van der Waals surface area contributed by atoms with Crippen molar-refractivity contribution in [2.24, 2.45) is 10.2 Å². The van der Waals surface area contributed by atoms with Crippen LogP contribution in [0.15, 0.2) is 10.2 Å².